The van der Waals surface area contributed by atoms with Crippen molar-refractivity contribution in [2.45, 2.75) is 91.8 Å². The molecule has 1 N–H and O–H groups in total. The van der Waals surface area contributed by atoms with E-state index < -0.39 is 0 Å². The molecule has 2 fully saturated rings. The molecule has 0 spiro atoms. The second kappa shape index (κ2) is 7.00. The highest BCUT2D eigenvalue weighted by atomic mass is 15.2. The Kier molecular flexibility index (Phi) is 5.76. The minimum absolute atomic E-state index is 0.513. The summed E-state index contributed by atoms with van der Waals surface area (Å²) in [5, 5.41) is 3.86. The van der Waals surface area contributed by atoms with Crippen molar-refractivity contribution in [1.82, 2.24) is 10.2 Å². The standard InChI is InChI=1S/C19H38N2/c1-7-10-20-17-8-9-19(5,6)12-18(17)21-13-14(2)11-15(3)16(21)4/h14-18,20H,7-13H2,1-6H3. The molecule has 0 aromatic heterocycles. The third-order valence-electron chi connectivity index (χ3n) is 6.08. The average Bonchev–Trinajstić information content (AvgIpc) is 2.41. The Morgan fingerprint density at radius 1 is 1.19 bits per heavy atom. The van der Waals surface area contributed by atoms with E-state index in [0.29, 0.717) is 11.5 Å². The average molecular weight is 295 g/mol. The topological polar surface area (TPSA) is 15.3 Å². The van der Waals surface area contributed by atoms with Crippen molar-refractivity contribution in [3.8, 4) is 0 Å². The van der Waals surface area contributed by atoms with Crippen molar-refractivity contribution in [1.29, 1.82) is 0 Å². The molecule has 124 valence electrons. The molecule has 5 atom stereocenters. The van der Waals surface area contributed by atoms with Crippen LogP contribution < -0.4 is 5.32 Å². The van der Waals surface area contributed by atoms with Gasteiger partial charge in [0.2, 0.25) is 0 Å². The van der Waals surface area contributed by atoms with Gasteiger partial charge in [-0.25, -0.2) is 0 Å². The summed E-state index contributed by atoms with van der Waals surface area (Å²) < 4.78 is 0. The van der Waals surface area contributed by atoms with Crippen molar-refractivity contribution >= 4 is 0 Å². The number of piperidine rings is 1. The van der Waals surface area contributed by atoms with Gasteiger partial charge in [-0.1, -0.05) is 34.6 Å². The molecular formula is C19H38N2. The number of nitrogens with zero attached hydrogens (tertiary/aromatic N) is 1. The summed E-state index contributed by atoms with van der Waals surface area (Å²) >= 11 is 0. The van der Waals surface area contributed by atoms with Crippen LogP contribution >= 0.6 is 0 Å². The number of likely N-dealkylation sites (tertiary alicyclic amines) is 1. The van der Waals surface area contributed by atoms with Crippen LogP contribution in [0.3, 0.4) is 0 Å². The van der Waals surface area contributed by atoms with Crippen LogP contribution in [-0.2, 0) is 0 Å². The van der Waals surface area contributed by atoms with Crippen LogP contribution in [0.2, 0.25) is 0 Å². The zero-order chi connectivity index (χ0) is 15.6. The smallest absolute Gasteiger partial charge is 0.0257 e. The van der Waals surface area contributed by atoms with E-state index in [1.165, 1.54) is 45.2 Å². The molecule has 1 saturated carbocycles. The van der Waals surface area contributed by atoms with E-state index in [2.05, 4.69) is 51.8 Å². The fraction of sp³-hybridized carbons (Fsp3) is 1.00. The van der Waals surface area contributed by atoms with Crippen molar-refractivity contribution in [3.63, 3.8) is 0 Å². The van der Waals surface area contributed by atoms with Gasteiger partial charge < -0.3 is 5.32 Å². The van der Waals surface area contributed by atoms with Gasteiger partial charge in [-0.05, 0) is 62.8 Å². The summed E-state index contributed by atoms with van der Waals surface area (Å²) in [6, 6.07) is 2.18. The Labute approximate surface area is 133 Å². The number of rotatable bonds is 4. The third-order valence-corrected chi connectivity index (χ3v) is 6.08. The number of hydrogen-bond donors (Lipinski definition) is 1. The normalized spacial score (nSPS) is 41.1. The fourth-order valence-corrected chi connectivity index (χ4v) is 4.66. The van der Waals surface area contributed by atoms with Crippen molar-refractivity contribution in [3.05, 3.63) is 0 Å². The summed E-state index contributed by atoms with van der Waals surface area (Å²) in [6.45, 7) is 17.1. The van der Waals surface area contributed by atoms with Crippen molar-refractivity contribution < 1.29 is 0 Å². The molecule has 2 rings (SSSR count). The van der Waals surface area contributed by atoms with Crippen LogP contribution in [-0.4, -0.2) is 36.1 Å². The van der Waals surface area contributed by atoms with Crippen molar-refractivity contribution in [2.24, 2.45) is 17.3 Å². The summed E-state index contributed by atoms with van der Waals surface area (Å²) in [5.41, 5.74) is 0.513. The van der Waals surface area contributed by atoms with Gasteiger partial charge in [0.25, 0.3) is 0 Å². The van der Waals surface area contributed by atoms with Gasteiger partial charge >= 0.3 is 0 Å². The summed E-state index contributed by atoms with van der Waals surface area (Å²) in [7, 11) is 0. The van der Waals surface area contributed by atoms with E-state index in [9.17, 15) is 0 Å². The van der Waals surface area contributed by atoms with Gasteiger partial charge in [0.05, 0.1) is 0 Å². The van der Waals surface area contributed by atoms with Crippen LogP contribution in [0, 0.1) is 17.3 Å². The summed E-state index contributed by atoms with van der Waals surface area (Å²) in [4.78, 5) is 2.87. The maximum absolute atomic E-state index is 3.86. The Bertz CT molecular complexity index is 326. The van der Waals surface area contributed by atoms with Gasteiger partial charge in [0.1, 0.15) is 0 Å². The molecule has 0 bridgehead atoms. The molecule has 1 heterocycles. The van der Waals surface area contributed by atoms with Gasteiger partial charge in [-0.3, -0.25) is 4.90 Å². The highest BCUT2D eigenvalue weighted by Gasteiger charge is 2.42. The van der Waals surface area contributed by atoms with E-state index >= 15 is 0 Å². The lowest BCUT2D eigenvalue weighted by molar-refractivity contribution is -0.0125. The zero-order valence-corrected chi connectivity index (χ0v) is 15.3. The Morgan fingerprint density at radius 2 is 1.90 bits per heavy atom. The van der Waals surface area contributed by atoms with Gasteiger partial charge in [0.15, 0.2) is 0 Å². The van der Waals surface area contributed by atoms with Crippen molar-refractivity contribution in [2.75, 3.05) is 13.1 Å². The zero-order valence-electron chi connectivity index (χ0n) is 15.3. The quantitative estimate of drug-likeness (QED) is 0.831. The molecule has 2 aliphatic rings. The lowest BCUT2D eigenvalue weighted by Gasteiger charge is -2.52. The maximum atomic E-state index is 3.86. The van der Waals surface area contributed by atoms with E-state index in [1.54, 1.807) is 0 Å². The second-order valence-corrected chi connectivity index (χ2v) is 8.79. The molecule has 21 heavy (non-hydrogen) atoms. The molecule has 2 heteroatoms. The highest BCUT2D eigenvalue weighted by molar-refractivity contribution is 4.98. The second-order valence-electron chi connectivity index (χ2n) is 8.79. The first-order valence-corrected chi connectivity index (χ1v) is 9.33. The molecular weight excluding hydrogens is 256 g/mol. The Hall–Kier alpha value is -0.0800. The predicted molar refractivity (Wildman–Crippen MR) is 92.6 cm³/mol. The highest BCUT2D eigenvalue weighted by Crippen LogP contribution is 2.40. The predicted octanol–water partition coefficient (Wildman–Crippen LogP) is 4.30. The molecule has 1 aliphatic heterocycles. The van der Waals surface area contributed by atoms with Crippen LogP contribution in [0.1, 0.15) is 73.6 Å². The number of nitrogens with one attached hydrogen (secondary N) is 1. The van der Waals surface area contributed by atoms with Crippen LogP contribution in [0.5, 0.6) is 0 Å². The summed E-state index contributed by atoms with van der Waals surface area (Å²) in [5.74, 6) is 1.69. The maximum Gasteiger partial charge on any atom is 0.0257 e. The molecule has 0 aromatic carbocycles. The minimum Gasteiger partial charge on any atom is -0.312 e. The van der Waals surface area contributed by atoms with Gasteiger partial charge in [-0.15, -0.1) is 0 Å². The van der Waals surface area contributed by atoms with E-state index in [0.717, 1.165) is 23.9 Å². The molecule has 0 amide bonds. The molecule has 5 unspecified atom stereocenters. The molecule has 2 nitrogen and oxygen atoms in total. The first kappa shape index (κ1) is 17.3. The van der Waals surface area contributed by atoms with Crippen LogP contribution in [0.25, 0.3) is 0 Å². The molecule has 1 aliphatic carbocycles. The lowest BCUT2D eigenvalue weighted by Crippen LogP contribution is -2.60. The summed E-state index contributed by atoms with van der Waals surface area (Å²) in [6.07, 6.45) is 6.73. The molecule has 0 radical (unpaired) electrons. The van der Waals surface area contributed by atoms with Crippen LogP contribution in [0.4, 0.5) is 0 Å². The minimum atomic E-state index is 0.513. The largest absolute Gasteiger partial charge is 0.312 e. The third kappa shape index (κ3) is 4.22. The molecule has 1 saturated heterocycles. The Morgan fingerprint density at radius 3 is 2.57 bits per heavy atom. The van der Waals surface area contributed by atoms with Gasteiger partial charge in [-0.2, -0.15) is 0 Å². The first-order valence-electron chi connectivity index (χ1n) is 9.33. The van der Waals surface area contributed by atoms with E-state index in [1.807, 2.05) is 0 Å². The number of hydrogen-bond acceptors (Lipinski definition) is 2. The fourth-order valence-electron chi connectivity index (χ4n) is 4.66. The van der Waals surface area contributed by atoms with Gasteiger partial charge in [0, 0.05) is 24.7 Å². The SMILES string of the molecule is CCCNC1CCC(C)(C)CC1N1CC(C)CC(C)C1C. The Balaban J connectivity index is 2.13. The lowest BCUT2D eigenvalue weighted by atomic mass is 9.71. The van der Waals surface area contributed by atoms with E-state index in [-0.39, 0.29) is 0 Å². The van der Waals surface area contributed by atoms with Crippen LogP contribution in [0.15, 0.2) is 0 Å². The van der Waals surface area contributed by atoms with E-state index in [4.69, 9.17) is 0 Å². The monoisotopic (exact) mass is 294 g/mol. The first-order chi connectivity index (χ1) is 9.84. The molecule has 0 aromatic rings.